The molecule has 2 aromatic rings. The number of hydrogen-bond acceptors (Lipinski definition) is 3. The number of para-hydroxylation sites is 1. The van der Waals surface area contributed by atoms with Crippen molar-refractivity contribution in [3.63, 3.8) is 0 Å². The van der Waals surface area contributed by atoms with E-state index in [0.29, 0.717) is 17.7 Å². The van der Waals surface area contributed by atoms with Crippen LogP contribution in [0.15, 0.2) is 66.7 Å². The molecule has 164 valence electrons. The maximum absolute atomic E-state index is 13.5. The third-order valence-electron chi connectivity index (χ3n) is 5.70. The summed E-state index contributed by atoms with van der Waals surface area (Å²) in [5.74, 6) is 0.186. The van der Waals surface area contributed by atoms with Gasteiger partial charge < -0.3 is 15.0 Å². The van der Waals surface area contributed by atoms with Crippen molar-refractivity contribution in [2.45, 2.75) is 57.7 Å². The highest BCUT2D eigenvalue weighted by Crippen LogP contribution is 2.23. The number of amides is 2. The number of carbonyl (C=O) groups excluding carboxylic acids is 2. The zero-order chi connectivity index (χ0) is 22.2. The van der Waals surface area contributed by atoms with Gasteiger partial charge in [0.05, 0.1) is 11.7 Å². The van der Waals surface area contributed by atoms with E-state index in [4.69, 9.17) is 4.74 Å². The molecule has 3 atom stereocenters. The lowest BCUT2D eigenvalue weighted by atomic mass is 10.0. The molecule has 1 aliphatic heterocycles. The number of rotatable bonds is 3. The van der Waals surface area contributed by atoms with Gasteiger partial charge >= 0.3 is 0 Å². The Labute approximate surface area is 185 Å². The molecule has 5 nitrogen and oxygen atoms in total. The Bertz CT molecular complexity index is 910. The second-order valence-electron chi connectivity index (χ2n) is 8.10. The van der Waals surface area contributed by atoms with E-state index >= 15 is 0 Å². The van der Waals surface area contributed by atoms with E-state index in [1.165, 1.54) is 0 Å². The van der Waals surface area contributed by atoms with E-state index in [0.717, 1.165) is 24.8 Å². The van der Waals surface area contributed by atoms with Crippen LogP contribution in [0.5, 0.6) is 5.75 Å². The van der Waals surface area contributed by atoms with Crippen LogP contribution in [0.2, 0.25) is 0 Å². The van der Waals surface area contributed by atoms with Crippen LogP contribution in [0.3, 0.4) is 0 Å². The monoisotopic (exact) mass is 420 g/mol. The van der Waals surface area contributed by atoms with Crippen LogP contribution in [-0.4, -0.2) is 41.9 Å². The van der Waals surface area contributed by atoms with E-state index in [9.17, 15) is 9.59 Å². The highest BCUT2D eigenvalue weighted by molar-refractivity contribution is 5.99. The molecule has 1 N–H and O–H groups in total. The maximum Gasteiger partial charge on any atom is 0.258 e. The Kier molecular flexibility index (Phi) is 7.88. The zero-order valence-corrected chi connectivity index (χ0v) is 18.6. The molecule has 0 fully saturated rings. The summed E-state index contributed by atoms with van der Waals surface area (Å²) in [6.45, 7) is 4.06. The average Bonchev–Trinajstić information content (AvgIpc) is 2.79. The Morgan fingerprint density at radius 2 is 1.68 bits per heavy atom. The van der Waals surface area contributed by atoms with Gasteiger partial charge in [-0.15, -0.1) is 0 Å². The highest BCUT2D eigenvalue weighted by Gasteiger charge is 2.30. The molecular formula is C26H32N2O3. The molecule has 1 heterocycles. The number of carbonyl (C=O) groups is 2. The Hall–Kier alpha value is -3.08. The van der Waals surface area contributed by atoms with Crippen LogP contribution in [0, 0.1) is 0 Å². The summed E-state index contributed by atoms with van der Waals surface area (Å²) < 4.78 is 6.09. The minimum absolute atomic E-state index is 0.0250. The van der Waals surface area contributed by atoms with Crippen molar-refractivity contribution in [2.75, 3.05) is 7.05 Å². The molecule has 0 aliphatic carbocycles. The van der Waals surface area contributed by atoms with Crippen LogP contribution < -0.4 is 10.1 Å². The summed E-state index contributed by atoms with van der Waals surface area (Å²) in [4.78, 5) is 28.3. The van der Waals surface area contributed by atoms with Gasteiger partial charge in [-0.25, -0.2) is 0 Å². The van der Waals surface area contributed by atoms with Gasteiger partial charge in [-0.1, -0.05) is 61.5 Å². The van der Waals surface area contributed by atoms with E-state index < -0.39 is 6.04 Å². The zero-order valence-electron chi connectivity index (χ0n) is 18.6. The van der Waals surface area contributed by atoms with Gasteiger partial charge in [0.2, 0.25) is 5.91 Å². The lowest BCUT2D eigenvalue weighted by Gasteiger charge is -2.30. The number of benzene rings is 2. The van der Waals surface area contributed by atoms with Crippen LogP contribution in [0.1, 0.15) is 49.0 Å². The largest absolute Gasteiger partial charge is 0.490 e. The molecule has 0 spiro atoms. The summed E-state index contributed by atoms with van der Waals surface area (Å²) in [6.07, 6.45) is 6.88. The number of likely N-dealkylation sites (N-methyl/N-ethyl adjacent to an activating group) is 1. The molecule has 0 saturated heterocycles. The molecule has 3 rings (SSSR count). The van der Waals surface area contributed by atoms with Crippen LogP contribution in [0.25, 0.3) is 0 Å². The fourth-order valence-electron chi connectivity index (χ4n) is 3.76. The van der Waals surface area contributed by atoms with Gasteiger partial charge in [0, 0.05) is 25.9 Å². The SMILES string of the molecule is CC[C@H]1C/C=C\C[C@@H](C)Oc2ccccc2C(=O)N(C)[C@@H](Cc2ccccc2)C(=O)N1. The topological polar surface area (TPSA) is 58.6 Å². The van der Waals surface area contributed by atoms with E-state index in [1.54, 1.807) is 18.0 Å². The van der Waals surface area contributed by atoms with E-state index in [2.05, 4.69) is 24.4 Å². The van der Waals surface area contributed by atoms with Gasteiger partial charge in [0.25, 0.3) is 5.91 Å². The average molecular weight is 421 g/mol. The Morgan fingerprint density at radius 3 is 2.42 bits per heavy atom. The third-order valence-corrected chi connectivity index (χ3v) is 5.70. The van der Waals surface area contributed by atoms with Gasteiger partial charge in [0.1, 0.15) is 11.8 Å². The van der Waals surface area contributed by atoms with Gasteiger partial charge in [-0.3, -0.25) is 9.59 Å². The third kappa shape index (κ3) is 5.97. The number of ether oxygens (including phenoxy) is 1. The lowest BCUT2D eigenvalue weighted by molar-refractivity contribution is -0.126. The number of nitrogens with one attached hydrogen (secondary N) is 1. The standard InChI is InChI=1S/C26H32N2O3/c1-4-21-15-9-8-12-19(2)31-24-17-11-10-16-22(24)26(30)28(3)23(25(29)27-21)18-20-13-6-5-7-14-20/h5-11,13-14,16-17,19,21,23H,4,12,15,18H2,1-3H3,(H,27,29)/b9-8-/t19-,21+,23+/m1/s1. The minimum Gasteiger partial charge on any atom is -0.490 e. The number of nitrogens with zero attached hydrogens (tertiary/aromatic N) is 1. The second-order valence-corrected chi connectivity index (χ2v) is 8.10. The minimum atomic E-state index is -0.624. The summed E-state index contributed by atoms with van der Waals surface area (Å²) in [6, 6.07) is 16.5. The summed E-state index contributed by atoms with van der Waals surface area (Å²) >= 11 is 0. The molecule has 5 heteroatoms. The molecule has 0 saturated carbocycles. The normalized spacial score (nSPS) is 23.8. The number of hydrogen-bond donors (Lipinski definition) is 1. The lowest BCUT2D eigenvalue weighted by Crippen LogP contribution is -2.51. The summed E-state index contributed by atoms with van der Waals surface area (Å²) in [5, 5.41) is 3.16. The first-order chi connectivity index (χ1) is 15.0. The van der Waals surface area contributed by atoms with Crippen LogP contribution in [-0.2, 0) is 11.2 Å². The van der Waals surface area contributed by atoms with Crippen molar-refractivity contribution in [1.29, 1.82) is 0 Å². The first-order valence-electron chi connectivity index (χ1n) is 11.0. The van der Waals surface area contributed by atoms with Crippen molar-refractivity contribution in [2.24, 2.45) is 0 Å². The molecule has 31 heavy (non-hydrogen) atoms. The van der Waals surface area contributed by atoms with Crippen molar-refractivity contribution < 1.29 is 14.3 Å². The first-order valence-corrected chi connectivity index (χ1v) is 11.0. The summed E-state index contributed by atoms with van der Waals surface area (Å²) in [7, 11) is 1.70. The molecule has 0 unspecified atom stereocenters. The van der Waals surface area contributed by atoms with E-state index in [-0.39, 0.29) is 24.0 Å². The molecule has 0 radical (unpaired) electrons. The second kappa shape index (κ2) is 10.8. The molecule has 1 aliphatic rings. The molecule has 0 aromatic heterocycles. The van der Waals surface area contributed by atoms with Gasteiger partial charge in [-0.05, 0) is 37.5 Å². The number of fused-ring (bicyclic) bond motifs is 1. The van der Waals surface area contributed by atoms with Crippen molar-refractivity contribution in [3.8, 4) is 5.75 Å². The molecule has 2 amide bonds. The van der Waals surface area contributed by atoms with Crippen molar-refractivity contribution in [1.82, 2.24) is 10.2 Å². The smallest absolute Gasteiger partial charge is 0.258 e. The molecule has 2 aromatic carbocycles. The van der Waals surface area contributed by atoms with Gasteiger partial charge in [-0.2, -0.15) is 0 Å². The van der Waals surface area contributed by atoms with Crippen molar-refractivity contribution >= 4 is 11.8 Å². The molecular weight excluding hydrogens is 388 g/mol. The van der Waals surface area contributed by atoms with Crippen LogP contribution >= 0.6 is 0 Å². The maximum atomic E-state index is 13.5. The summed E-state index contributed by atoms with van der Waals surface area (Å²) in [5.41, 5.74) is 1.48. The first kappa shape index (κ1) is 22.6. The quantitative estimate of drug-likeness (QED) is 0.750. The molecule has 0 bridgehead atoms. The Morgan fingerprint density at radius 1 is 1.00 bits per heavy atom. The van der Waals surface area contributed by atoms with Gasteiger partial charge in [0.15, 0.2) is 0 Å². The van der Waals surface area contributed by atoms with E-state index in [1.807, 2.05) is 55.5 Å². The van der Waals surface area contributed by atoms with Crippen molar-refractivity contribution in [3.05, 3.63) is 77.9 Å². The fraction of sp³-hybridized carbons (Fsp3) is 0.385. The predicted octanol–water partition coefficient (Wildman–Crippen LogP) is 4.38. The Balaban J connectivity index is 1.98. The predicted molar refractivity (Wildman–Crippen MR) is 123 cm³/mol. The fourth-order valence-corrected chi connectivity index (χ4v) is 3.76. The highest BCUT2D eigenvalue weighted by atomic mass is 16.5. The van der Waals surface area contributed by atoms with Crippen LogP contribution in [0.4, 0.5) is 0 Å².